The first-order valence-electron chi connectivity index (χ1n) is 5.74. The Hall–Kier alpha value is -0.540. The second kappa shape index (κ2) is 7.15. The van der Waals surface area contributed by atoms with E-state index in [1.807, 2.05) is 0 Å². The van der Waals surface area contributed by atoms with E-state index in [4.69, 9.17) is 14.6 Å². The Labute approximate surface area is 105 Å². The van der Waals surface area contributed by atoms with E-state index in [0.29, 0.717) is 0 Å². The van der Waals surface area contributed by atoms with Gasteiger partial charge in [0.15, 0.2) is 6.29 Å². The molecule has 1 heterocycles. The fraction of sp³-hybridized carbons (Fsp3) is 0.818. The zero-order valence-corrected chi connectivity index (χ0v) is 9.92. The molecule has 0 amide bonds. The Kier molecular flexibility index (Phi) is 6.16. The van der Waals surface area contributed by atoms with E-state index in [0.717, 1.165) is 0 Å². The molecule has 106 valence electrons. The van der Waals surface area contributed by atoms with Crippen LogP contribution in [0.2, 0.25) is 0 Å². The van der Waals surface area contributed by atoms with Crippen molar-refractivity contribution in [1.82, 2.24) is 0 Å². The lowest BCUT2D eigenvalue weighted by atomic mass is 9.99. The summed E-state index contributed by atoms with van der Waals surface area (Å²) in [5.41, 5.74) is 0. The van der Waals surface area contributed by atoms with Crippen molar-refractivity contribution in [3.8, 4) is 0 Å². The number of hydrogen-bond acceptors (Lipinski definition) is 7. The average Bonchev–Trinajstić information content (AvgIpc) is 2.38. The van der Waals surface area contributed by atoms with E-state index in [1.165, 1.54) is 6.08 Å². The standard InChI is InChI=1S/C11H20O7/c1-2-6(13)3-4-17-11-10(16)9(15)8(14)7(5-12)18-11/h2,6-16H,1,3-5H2/t6-,7+,8+,9-,10-,11-/m0/s1. The second-order valence-corrected chi connectivity index (χ2v) is 4.16. The maximum atomic E-state index is 9.62. The van der Waals surface area contributed by atoms with Crippen LogP contribution in [0.25, 0.3) is 0 Å². The van der Waals surface area contributed by atoms with Gasteiger partial charge in [-0.2, -0.15) is 0 Å². The summed E-state index contributed by atoms with van der Waals surface area (Å²) in [6.07, 6.45) is -5.53. The van der Waals surface area contributed by atoms with Crippen molar-refractivity contribution in [1.29, 1.82) is 0 Å². The molecule has 0 aliphatic carbocycles. The third-order valence-electron chi connectivity index (χ3n) is 2.82. The lowest BCUT2D eigenvalue weighted by Crippen LogP contribution is -2.59. The fourth-order valence-corrected chi connectivity index (χ4v) is 1.63. The van der Waals surface area contributed by atoms with E-state index in [2.05, 4.69) is 6.58 Å². The van der Waals surface area contributed by atoms with Crippen molar-refractivity contribution in [2.45, 2.75) is 43.2 Å². The van der Waals surface area contributed by atoms with Gasteiger partial charge in [0, 0.05) is 6.42 Å². The molecule has 0 unspecified atom stereocenters. The molecule has 0 aromatic carbocycles. The molecule has 1 aliphatic rings. The molecule has 7 nitrogen and oxygen atoms in total. The largest absolute Gasteiger partial charge is 0.394 e. The Morgan fingerprint density at radius 2 is 1.89 bits per heavy atom. The molecule has 6 atom stereocenters. The molecule has 1 rings (SSSR count). The summed E-state index contributed by atoms with van der Waals surface area (Å²) in [4.78, 5) is 0. The number of aliphatic hydroxyl groups is 5. The molecule has 0 bridgehead atoms. The van der Waals surface area contributed by atoms with Crippen LogP contribution < -0.4 is 0 Å². The molecule has 7 heteroatoms. The van der Waals surface area contributed by atoms with Crippen LogP contribution in [-0.4, -0.2) is 75.6 Å². The van der Waals surface area contributed by atoms with E-state index < -0.39 is 43.4 Å². The van der Waals surface area contributed by atoms with Gasteiger partial charge in [-0.3, -0.25) is 0 Å². The zero-order chi connectivity index (χ0) is 13.7. The lowest BCUT2D eigenvalue weighted by Gasteiger charge is -2.39. The van der Waals surface area contributed by atoms with Crippen molar-refractivity contribution in [3.63, 3.8) is 0 Å². The average molecular weight is 264 g/mol. The Morgan fingerprint density at radius 3 is 2.44 bits per heavy atom. The molecule has 1 aliphatic heterocycles. The maximum Gasteiger partial charge on any atom is 0.186 e. The number of hydrogen-bond donors (Lipinski definition) is 5. The van der Waals surface area contributed by atoms with Crippen molar-refractivity contribution < 1.29 is 35.0 Å². The minimum absolute atomic E-state index is 0.0792. The fourth-order valence-electron chi connectivity index (χ4n) is 1.63. The van der Waals surface area contributed by atoms with Gasteiger partial charge in [-0.1, -0.05) is 6.08 Å². The predicted octanol–water partition coefficient (Wildman–Crippen LogP) is -2.26. The van der Waals surface area contributed by atoms with Crippen LogP contribution in [0, 0.1) is 0 Å². The highest BCUT2D eigenvalue weighted by Crippen LogP contribution is 2.22. The number of ether oxygens (including phenoxy) is 2. The van der Waals surface area contributed by atoms with Crippen LogP contribution in [0.1, 0.15) is 6.42 Å². The molecule has 1 fully saturated rings. The molecule has 0 aromatic rings. The van der Waals surface area contributed by atoms with Crippen LogP contribution in [0.5, 0.6) is 0 Å². The topological polar surface area (TPSA) is 120 Å². The monoisotopic (exact) mass is 264 g/mol. The third kappa shape index (κ3) is 3.72. The van der Waals surface area contributed by atoms with Crippen LogP contribution in [-0.2, 0) is 9.47 Å². The highest BCUT2D eigenvalue weighted by molar-refractivity contribution is 4.89. The van der Waals surface area contributed by atoms with Gasteiger partial charge in [0.25, 0.3) is 0 Å². The van der Waals surface area contributed by atoms with Crippen molar-refractivity contribution in [3.05, 3.63) is 12.7 Å². The summed E-state index contributed by atoms with van der Waals surface area (Å²) in [5.74, 6) is 0. The Balaban J connectivity index is 2.46. The second-order valence-electron chi connectivity index (χ2n) is 4.16. The third-order valence-corrected chi connectivity index (χ3v) is 2.82. The van der Waals surface area contributed by atoms with E-state index in [1.54, 1.807) is 0 Å². The molecule has 1 saturated heterocycles. The van der Waals surface area contributed by atoms with Gasteiger partial charge < -0.3 is 35.0 Å². The van der Waals surface area contributed by atoms with Gasteiger partial charge in [0.1, 0.15) is 24.4 Å². The number of rotatable bonds is 6. The Morgan fingerprint density at radius 1 is 1.22 bits per heavy atom. The minimum Gasteiger partial charge on any atom is -0.394 e. The summed E-state index contributed by atoms with van der Waals surface area (Å²) in [7, 11) is 0. The predicted molar refractivity (Wildman–Crippen MR) is 60.5 cm³/mol. The van der Waals surface area contributed by atoms with Crippen LogP contribution in [0.15, 0.2) is 12.7 Å². The molecule has 5 N–H and O–H groups in total. The summed E-state index contributed by atoms with van der Waals surface area (Å²) in [5, 5.41) is 46.8. The Bertz CT molecular complexity index is 258. The van der Waals surface area contributed by atoms with Gasteiger partial charge in [0.2, 0.25) is 0 Å². The molecule has 0 saturated carbocycles. The first-order valence-corrected chi connectivity index (χ1v) is 5.74. The smallest absolute Gasteiger partial charge is 0.186 e. The molecular formula is C11H20O7. The van der Waals surface area contributed by atoms with E-state index in [-0.39, 0.29) is 13.0 Å². The zero-order valence-electron chi connectivity index (χ0n) is 9.92. The van der Waals surface area contributed by atoms with Crippen molar-refractivity contribution in [2.24, 2.45) is 0 Å². The normalized spacial score (nSPS) is 38.4. The lowest BCUT2D eigenvalue weighted by molar-refractivity contribution is -0.301. The summed E-state index contributed by atoms with van der Waals surface area (Å²) in [6, 6.07) is 0. The summed E-state index contributed by atoms with van der Waals surface area (Å²) >= 11 is 0. The van der Waals surface area contributed by atoms with Gasteiger partial charge in [0.05, 0.1) is 19.3 Å². The van der Waals surface area contributed by atoms with E-state index >= 15 is 0 Å². The SMILES string of the molecule is C=C[C@H](O)CCO[C@H]1O[C@H](CO)[C@@H](O)[C@H](O)[C@@H]1O. The quantitative estimate of drug-likeness (QED) is 0.343. The van der Waals surface area contributed by atoms with Crippen LogP contribution in [0.4, 0.5) is 0 Å². The van der Waals surface area contributed by atoms with Gasteiger partial charge >= 0.3 is 0 Å². The van der Waals surface area contributed by atoms with Gasteiger partial charge in [-0.25, -0.2) is 0 Å². The summed E-state index contributed by atoms with van der Waals surface area (Å²) < 4.78 is 10.3. The minimum atomic E-state index is -1.45. The molecular weight excluding hydrogens is 244 g/mol. The molecule has 0 spiro atoms. The number of aliphatic hydroxyl groups excluding tert-OH is 5. The molecule has 0 radical (unpaired) electrons. The van der Waals surface area contributed by atoms with E-state index in [9.17, 15) is 20.4 Å². The van der Waals surface area contributed by atoms with Gasteiger partial charge in [-0.15, -0.1) is 6.58 Å². The molecule has 18 heavy (non-hydrogen) atoms. The first kappa shape index (κ1) is 15.5. The van der Waals surface area contributed by atoms with Crippen molar-refractivity contribution in [2.75, 3.05) is 13.2 Å². The van der Waals surface area contributed by atoms with Crippen LogP contribution in [0.3, 0.4) is 0 Å². The maximum absolute atomic E-state index is 9.62. The van der Waals surface area contributed by atoms with Gasteiger partial charge in [-0.05, 0) is 0 Å². The highest BCUT2D eigenvalue weighted by atomic mass is 16.7. The first-order chi connectivity index (χ1) is 8.51. The molecule has 0 aromatic heterocycles. The highest BCUT2D eigenvalue weighted by Gasteiger charge is 2.43. The summed E-state index contributed by atoms with van der Waals surface area (Å²) in [6.45, 7) is 2.98. The van der Waals surface area contributed by atoms with Crippen molar-refractivity contribution >= 4 is 0 Å². The van der Waals surface area contributed by atoms with Crippen LogP contribution >= 0.6 is 0 Å².